The van der Waals surface area contributed by atoms with Gasteiger partial charge in [-0.15, -0.1) is 0 Å². The Balaban J connectivity index is 1.81. The van der Waals surface area contributed by atoms with Crippen LogP contribution in [0.4, 0.5) is 0 Å². The lowest BCUT2D eigenvalue weighted by Gasteiger charge is -2.15. The van der Waals surface area contributed by atoms with E-state index in [0.717, 1.165) is 34.1 Å². The highest BCUT2D eigenvalue weighted by atomic mass is 16.2. The third kappa shape index (κ3) is 2.91. The first-order chi connectivity index (χ1) is 13.0. The number of amides is 2. The number of primary amides is 1. The highest BCUT2D eigenvalue weighted by Crippen LogP contribution is 2.36. The van der Waals surface area contributed by atoms with Gasteiger partial charge in [0, 0.05) is 48.9 Å². The molecule has 2 amide bonds. The van der Waals surface area contributed by atoms with Crippen molar-refractivity contribution in [3.05, 3.63) is 54.4 Å². The number of nitrogens with two attached hydrogens (primary N) is 1. The molecule has 0 bridgehead atoms. The Labute approximate surface area is 156 Å². The summed E-state index contributed by atoms with van der Waals surface area (Å²) in [6.45, 7) is 4.91. The third-order valence-corrected chi connectivity index (χ3v) is 5.22. The lowest BCUT2D eigenvalue weighted by Crippen LogP contribution is -2.26. The fourth-order valence-electron chi connectivity index (χ4n) is 3.86. The molecule has 0 aliphatic carbocycles. The van der Waals surface area contributed by atoms with Crippen LogP contribution in [-0.2, 0) is 11.8 Å². The summed E-state index contributed by atoms with van der Waals surface area (Å²) in [6, 6.07) is 5.75. The van der Waals surface area contributed by atoms with Gasteiger partial charge in [0.15, 0.2) is 0 Å². The summed E-state index contributed by atoms with van der Waals surface area (Å²) in [6.07, 6.45) is 5.91. The van der Waals surface area contributed by atoms with E-state index >= 15 is 0 Å². The Morgan fingerprint density at radius 3 is 2.89 bits per heavy atom. The topological polar surface area (TPSA) is 97.0 Å². The summed E-state index contributed by atoms with van der Waals surface area (Å²) >= 11 is 0. The molecule has 0 radical (unpaired) electrons. The lowest BCUT2D eigenvalue weighted by atomic mass is 9.93. The number of likely N-dealkylation sites (tertiary alicyclic amines) is 1. The number of hydrogen-bond acceptors (Lipinski definition) is 3. The molecule has 1 unspecified atom stereocenters. The summed E-state index contributed by atoms with van der Waals surface area (Å²) in [5.74, 6) is -0.315. The Morgan fingerprint density at radius 1 is 1.41 bits per heavy atom. The van der Waals surface area contributed by atoms with Crippen molar-refractivity contribution in [2.75, 3.05) is 13.1 Å². The van der Waals surface area contributed by atoms with Gasteiger partial charge in [-0.05, 0) is 30.2 Å². The van der Waals surface area contributed by atoms with Crippen LogP contribution >= 0.6 is 0 Å². The molecule has 0 spiro atoms. The highest BCUT2D eigenvalue weighted by molar-refractivity contribution is 6.07. The summed E-state index contributed by atoms with van der Waals surface area (Å²) in [5, 5.41) is 5.17. The fraction of sp³-hybridized carbons (Fsp3) is 0.250. The van der Waals surface area contributed by atoms with Gasteiger partial charge in [-0.25, -0.2) is 0 Å². The molecule has 138 valence electrons. The Bertz CT molecular complexity index is 1060. The van der Waals surface area contributed by atoms with Gasteiger partial charge >= 0.3 is 0 Å². The molecule has 0 saturated carbocycles. The van der Waals surface area contributed by atoms with Gasteiger partial charge in [-0.1, -0.05) is 12.6 Å². The van der Waals surface area contributed by atoms with E-state index in [9.17, 15) is 9.59 Å². The Kier molecular flexibility index (Phi) is 4.07. The van der Waals surface area contributed by atoms with E-state index in [4.69, 9.17) is 5.73 Å². The number of carbonyl (C=O) groups excluding carboxylic acids is 2. The normalized spacial score (nSPS) is 16.8. The molecule has 1 atom stereocenters. The van der Waals surface area contributed by atoms with E-state index in [1.165, 1.54) is 6.08 Å². The van der Waals surface area contributed by atoms with Gasteiger partial charge in [0.05, 0.1) is 17.3 Å². The van der Waals surface area contributed by atoms with E-state index < -0.39 is 5.91 Å². The molecular formula is C20H21N5O2. The number of aromatic nitrogens is 3. The minimum atomic E-state index is -0.471. The van der Waals surface area contributed by atoms with E-state index in [1.54, 1.807) is 21.8 Å². The minimum absolute atomic E-state index is 0.0485. The molecule has 1 aliphatic rings. The second kappa shape index (κ2) is 6.42. The van der Waals surface area contributed by atoms with Gasteiger partial charge in [0.2, 0.25) is 5.91 Å². The maximum atomic E-state index is 11.9. The number of aromatic amines is 1. The highest BCUT2D eigenvalue weighted by Gasteiger charge is 2.28. The monoisotopic (exact) mass is 363 g/mol. The van der Waals surface area contributed by atoms with Crippen LogP contribution in [0, 0.1) is 0 Å². The molecule has 1 fully saturated rings. The SMILES string of the molecule is C=CC(=O)N1CCC(c2ccc(C(N)=O)c3[nH]c(-c4cnn(C)c4)cc23)C1. The smallest absolute Gasteiger partial charge is 0.250 e. The standard InChI is InChI=1S/C20H21N5O2/c1-3-18(26)25-7-6-12(11-25)14-4-5-15(20(21)27)19-16(14)8-17(23-19)13-9-22-24(2)10-13/h3-5,8-10,12,23H,1,6-7,11H2,2H3,(H2,21,27). The van der Waals surface area contributed by atoms with Gasteiger partial charge in [0.25, 0.3) is 5.91 Å². The second-order valence-electron chi connectivity index (χ2n) is 6.91. The predicted octanol–water partition coefficient (Wildman–Crippen LogP) is 2.17. The van der Waals surface area contributed by atoms with Gasteiger partial charge in [-0.3, -0.25) is 14.3 Å². The van der Waals surface area contributed by atoms with Crippen molar-refractivity contribution in [3.63, 3.8) is 0 Å². The van der Waals surface area contributed by atoms with Crippen molar-refractivity contribution in [2.45, 2.75) is 12.3 Å². The van der Waals surface area contributed by atoms with Crippen molar-refractivity contribution in [2.24, 2.45) is 12.8 Å². The summed E-state index contributed by atoms with van der Waals surface area (Å²) in [5.41, 5.74) is 9.69. The number of benzene rings is 1. The van der Waals surface area contributed by atoms with Crippen LogP contribution in [0.25, 0.3) is 22.2 Å². The average Bonchev–Trinajstić information content (AvgIpc) is 3.38. The van der Waals surface area contributed by atoms with E-state index in [-0.39, 0.29) is 11.8 Å². The van der Waals surface area contributed by atoms with Crippen LogP contribution in [0.3, 0.4) is 0 Å². The number of H-pyrrole nitrogens is 1. The fourth-order valence-corrected chi connectivity index (χ4v) is 3.86. The molecule has 7 heteroatoms. The molecule has 1 aliphatic heterocycles. The molecule has 27 heavy (non-hydrogen) atoms. The molecular weight excluding hydrogens is 342 g/mol. The first-order valence-electron chi connectivity index (χ1n) is 8.83. The summed E-state index contributed by atoms with van der Waals surface area (Å²) in [4.78, 5) is 29.0. The number of fused-ring (bicyclic) bond motifs is 1. The van der Waals surface area contributed by atoms with E-state index in [1.807, 2.05) is 25.4 Å². The molecule has 2 aromatic heterocycles. The average molecular weight is 363 g/mol. The molecule has 4 rings (SSSR count). The first kappa shape index (κ1) is 17.1. The third-order valence-electron chi connectivity index (χ3n) is 5.22. The zero-order chi connectivity index (χ0) is 19.1. The van der Waals surface area contributed by atoms with Crippen LogP contribution in [0.5, 0.6) is 0 Å². The van der Waals surface area contributed by atoms with Crippen molar-refractivity contribution in [1.29, 1.82) is 0 Å². The number of aryl methyl sites for hydroxylation is 1. The van der Waals surface area contributed by atoms with Crippen LogP contribution in [0.2, 0.25) is 0 Å². The zero-order valence-electron chi connectivity index (χ0n) is 15.1. The van der Waals surface area contributed by atoms with Gasteiger partial charge in [0.1, 0.15) is 0 Å². The lowest BCUT2D eigenvalue weighted by molar-refractivity contribution is -0.125. The summed E-state index contributed by atoms with van der Waals surface area (Å²) < 4.78 is 1.73. The molecule has 1 saturated heterocycles. The number of hydrogen-bond donors (Lipinski definition) is 2. The maximum Gasteiger partial charge on any atom is 0.250 e. The molecule has 7 nitrogen and oxygen atoms in total. The second-order valence-corrected chi connectivity index (χ2v) is 6.91. The molecule has 3 heterocycles. The number of rotatable bonds is 4. The zero-order valence-corrected chi connectivity index (χ0v) is 15.1. The maximum absolute atomic E-state index is 11.9. The quantitative estimate of drug-likeness (QED) is 0.695. The van der Waals surface area contributed by atoms with Crippen LogP contribution in [0.1, 0.15) is 28.3 Å². The van der Waals surface area contributed by atoms with Crippen molar-refractivity contribution in [1.82, 2.24) is 19.7 Å². The van der Waals surface area contributed by atoms with Crippen LogP contribution in [-0.4, -0.2) is 44.6 Å². The van der Waals surface area contributed by atoms with Gasteiger partial charge in [-0.2, -0.15) is 5.10 Å². The first-order valence-corrected chi connectivity index (χ1v) is 8.83. The van der Waals surface area contributed by atoms with E-state index in [0.29, 0.717) is 18.7 Å². The van der Waals surface area contributed by atoms with E-state index in [2.05, 4.69) is 16.7 Å². The van der Waals surface area contributed by atoms with Crippen LogP contribution in [0.15, 0.2) is 43.2 Å². The molecule has 3 N–H and O–H groups in total. The predicted molar refractivity (Wildman–Crippen MR) is 103 cm³/mol. The largest absolute Gasteiger partial charge is 0.366 e. The number of nitrogens with one attached hydrogen (secondary N) is 1. The van der Waals surface area contributed by atoms with Gasteiger partial charge < -0.3 is 15.6 Å². The Hall–Kier alpha value is -3.35. The number of nitrogens with zero attached hydrogens (tertiary/aromatic N) is 3. The molecule has 3 aromatic rings. The van der Waals surface area contributed by atoms with Crippen LogP contribution < -0.4 is 5.73 Å². The van der Waals surface area contributed by atoms with Crippen molar-refractivity contribution in [3.8, 4) is 11.3 Å². The van der Waals surface area contributed by atoms with Crippen molar-refractivity contribution < 1.29 is 9.59 Å². The Morgan fingerprint density at radius 2 is 2.22 bits per heavy atom. The minimum Gasteiger partial charge on any atom is -0.366 e. The van der Waals surface area contributed by atoms with Crippen molar-refractivity contribution >= 4 is 22.7 Å². The molecule has 1 aromatic carbocycles. The number of carbonyl (C=O) groups is 2. The summed E-state index contributed by atoms with van der Waals surface area (Å²) in [7, 11) is 1.86.